The van der Waals surface area contributed by atoms with Crippen LogP contribution in [0.5, 0.6) is 11.5 Å². The van der Waals surface area contributed by atoms with Gasteiger partial charge in [0, 0.05) is 6.54 Å². The van der Waals surface area contributed by atoms with Gasteiger partial charge in [-0.05, 0) is 37.4 Å². The van der Waals surface area contributed by atoms with Crippen molar-refractivity contribution in [3.63, 3.8) is 0 Å². The first-order valence-corrected chi connectivity index (χ1v) is 5.79. The summed E-state index contributed by atoms with van der Waals surface area (Å²) in [5.74, 6) is 1.75. The summed E-state index contributed by atoms with van der Waals surface area (Å²) in [5, 5.41) is 0. The lowest BCUT2D eigenvalue weighted by molar-refractivity contribution is 0.222. The number of nitrogens with zero attached hydrogens (tertiary/aromatic N) is 1. The van der Waals surface area contributed by atoms with Gasteiger partial charge in [0.2, 0.25) is 0 Å². The van der Waals surface area contributed by atoms with Gasteiger partial charge >= 0.3 is 0 Å². The SMILES string of the molecule is CCN(CC)CCOc1ccc(OC)cc1. The first-order valence-electron chi connectivity index (χ1n) is 5.79. The van der Waals surface area contributed by atoms with Gasteiger partial charge < -0.3 is 14.4 Å². The fourth-order valence-corrected chi connectivity index (χ4v) is 1.50. The maximum atomic E-state index is 5.64. The van der Waals surface area contributed by atoms with Crippen LogP contribution in [0.2, 0.25) is 0 Å². The largest absolute Gasteiger partial charge is 0.497 e. The average Bonchev–Trinajstić information content (AvgIpc) is 2.35. The number of likely N-dealkylation sites (N-methyl/N-ethyl adjacent to an activating group) is 1. The molecule has 0 saturated heterocycles. The summed E-state index contributed by atoms with van der Waals surface area (Å²) < 4.78 is 10.7. The molecule has 0 heterocycles. The van der Waals surface area contributed by atoms with Gasteiger partial charge in [-0.25, -0.2) is 0 Å². The average molecular weight is 223 g/mol. The minimum atomic E-state index is 0.730. The molecule has 0 atom stereocenters. The van der Waals surface area contributed by atoms with Crippen LogP contribution in [0.4, 0.5) is 0 Å². The molecule has 0 bridgehead atoms. The van der Waals surface area contributed by atoms with Crippen LogP contribution in [-0.2, 0) is 0 Å². The summed E-state index contributed by atoms with van der Waals surface area (Å²) in [6.07, 6.45) is 0. The van der Waals surface area contributed by atoms with Gasteiger partial charge in [0.05, 0.1) is 7.11 Å². The molecule has 1 aromatic rings. The van der Waals surface area contributed by atoms with E-state index >= 15 is 0 Å². The fraction of sp³-hybridized carbons (Fsp3) is 0.538. The van der Waals surface area contributed by atoms with Crippen molar-refractivity contribution in [3.05, 3.63) is 24.3 Å². The smallest absolute Gasteiger partial charge is 0.119 e. The van der Waals surface area contributed by atoms with E-state index in [-0.39, 0.29) is 0 Å². The molecular formula is C13H21NO2. The second-order valence-electron chi connectivity index (χ2n) is 3.55. The zero-order chi connectivity index (χ0) is 11.8. The molecule has 90 valence electrons. The maximum absolute atomic E-state index is 5.64. The molecule has 0 spiro atoms. The molecular weight excluding hydrogens is 202 g/mol. The quantitative estimate of drug-likeness (QED) is 0.708. The van der Waals surface area contributed by atoms with Crippen molar-refractivity contribution in [2.24, 2.45) is 0 Å². The first kappa shape index (κ1) is 12.8. The van der Waals surface area contributed by atoms with E-state index in [2.05, 4.69) is 18.7 Å². The number of ether oxygens (including phenoxy) is 2. The first-order chi connectivity index (χ1) is 7.80. The Bertz CT molecular complexity index is 280. The van der Waals surface area contributed by atoms with Crippen LogP contribution in [0.15, 0.2) is 24.3 Å². The summed E-state index contributed by atoms with van der Waals surface area (Å²) in [6, 6.07) is 7.68. The van der Waals surface area contributed by atoms with E-state index in [1.807, 2.05) is 24.3 Å². The molecule has 0 radical (unpaired) electrons. The molecule has 0 aromatic heterocycles. The predicted molar refractivity (Wildman–Crippen MR) is 66.3 cm³/mol. The van der Waals surface area contributed by atoms with Gasteiger partial charge in [-0.15, -0.1) is 0 Å². The summed E-state index contributed by atoms with van der Waals surface area (Å²) in [6.45, 7) is 8.17. The van der Waals surface area contributed by atoms with Crippen molar-refractivity contribution in [1.29, 1.82) is 0 Å². The van der Waals surface area contributed by atoms with Crippen LogP contribution in [0, 0.1) is 0 Å². The summed E-state index contributed by atoms with van der Waals surface area (Å²) in [4.78, 5) is 2.34. The van der Waals surface area contributed by atoms with E-state index < -0.39 is 0 Å². The molecule has 0 saturated carbocycles. The van der Waals surface area contributed by atoms with Gasteiger partial charge in [0.25, 0.3) is 0 Å². The summed E-state index contributed by atoms with van der Waals surface area (Å²) in [7, 11) is 1.66. The maximum Gasteiger partial charge on any atom is 0.119 e. The van der Waals surface area contributed by atoms with Crippen LogP contribution in [-0.4, -0.2) is 38.3 Å². The zero-order valence-corrected chi connectivity index (χ0v) is 10.4. The van der Waals surface area contributed by atoms with Gasteiger partial charge in [0.15, 0.2) is 0 Å². The lowest BCUT2D eigenvalue weighted by Gasteiger charge is -2.17. The molecule has 0 aliphatic heterocycles. The lowest BCUT2D eigenvalue weighted by Crippen LogP contribution is -2.27. The van der Waals surface area contributed by atoms with Crippen LogP contribution in [0.25, 0.3) is 0 Å². The number of hydrogen-bond donors (Lipinski definition) is 0. The third-order valence-corrected chi connectivity index (χ3v) is 2.63. The normalized spacial score (nSPS) is 10.5. The Balaban J connectivity index is 2.31. The Morgan fingerprint density at radius 2 is 1.56 bits per heavy atom. The second-order valence-corrected chi connectivity index (χ2v) is 3.55. The zero-order valence-electron chi connectivity index (χ0n) is 10.4. The highest BCUT2D eigenvalue weighted by molar-refractivity contribution is 5.31. The Hall–Kier alpha value is -1.22. The van der Waals surface area contributed by atoms with Gasteiger partial charge in [0.1, 0.15) is 18.1 Å². The Labute approximate surface area is 98.0 Å². The van der Waals surface area contributed by atoms with E-state index in [0.29, 0.717) is 0 Å². The van der Waals surface area contributed by atoms with E-state index in [4.69, 9.17) is 9.47 Å². The molecule has 0 N–H and O–H groups in total. The van der Waals surface area contributed by atoms with E-state index in [1.54, 1.807) is 7.11 Å². The van der Waals surface area contributed by atoms with Gasteiger partial charge in [-0.1, -0.05) is 13.8 Å². The van der Waals surface area contributed by atoms with Crippen molar-refractivity contribution in [1.82, 2.24) is 4.90 Å². The lowest BCUT2D eigenvalue weighted by atomic mass is 10.3. The third-order valence-electron chi connectivity index (χ3n) is 2.63. The summed E-state index contributed by atoms with van der Waals surface area (Å²) >= 11 is 0. The van der Waals surface area contributed by atoms with Crippen molar-refractivity contribution >= 4 is 0 Å². The van der Waals surface area contributed by atoms with Crippen molar-refractivity contribution < 1.29 is 9.47 Å². The molecule has 1 rings (SSSR count). The monoisotopic (exact) mass is 223 g/mol. The Kier molecular flexibility index (Phi) is 5.72. The number of hydrogen-bond acceptors (Lipinski definition) is 3. The number of rotatable bonds is 7. The molecule has 3 nitrogen and oxygen atoms in total. The third kappa shape index (κ3) is 4.11. The highest BCUT2D eigenvalue weighted by atomic mass is 16.5. The van der Waals surface area contributed by atoms with Crippen LogP contribution in [0.3, 0.4) is 0 Å². The highest BCUT2D eigenvalue weighted by Gasteiger charge is 1.99. The minimum absolute atomic E-state index is 0.730. The van der Waals surface area contributed by atoms with E-state index in [1.165, 1.54) is 0 Å². The molecule has 0 unspecified atom stereocenters. The van der Waals surface area contributed by atoms with Crippen LogP contribution < -0.4 is 9.47 Å². The molecule has 0 amide bonds. The van der Waals surface area contributed by atoms with Gasteiger partial charge in [-0.3, -0.25) is 0 Å². The summed E-state index contributed by atoms with van der Waals surface area (Å²) in [5.41, 5.74) is 0. The fourth-order valence-electron chi connectivity index (χ4n) is 1.50. The van der Waals surface area contributed by atoms with Crippen molar-refractivity contribution in [2.45, 2.75) is 13.8 Å². The number of methoxy groups -OCH3 is 1. The Morgan fingerprint density at radius 3 is 2.06 bits per heavy atom. The molecule has 16 heavy (non-hydrogen) atoms. The number of benzene rings is 1. The molecule has 0 aliphatic carbocycles. The molecule has 0 fully saturated rings. The minimum Gasteiger partial charge on any atom is -0.497 e. The van der Waals surface area contributed by atoms with Crippen molar-refractivity contribution in [2.75, 3.05) is 33.4 Å². The van der Waals surface area contributed by atoms with E-state index in [0.717, 1.165) is 37.7 Å². The Morgan fingerprint density at radius 1 is 1.00 bits per heavy atom. The van der Waals surface area contributed by atoms with Crippen molar-refractivity contribution in [3.8, 4) is 11.5 Å². The molecule has 3 heteroatoms. The van der Waals surface area contributed by atoms with Gasteiger partial charge in [-0.2, -0.15) is 0 Å². The molecule has 0 aliphatic rings. The highest BCUT2D eigenvalue weighted by Crippen LogP contribution is 2.16. The molecule has 1 aromatic carbocycles. The van der Waals surface area contributed by atoms with Crippen LogP contribution >= 0.6 is 0 Å². The predicted octanol–water partition coefficient (Wildman–Crippen LogP) is 2.42. The van der Waals surface area contributed by atoms with Crippen LogP contribution in [0.1, 0.15) is 13.8 Å². The second kappa shape index (κ2) is 7.12. The standard InChI is InChI=1S/C13H21NO2/c1-4-14(5-2)10-11-16-13-8-6-12(15-3)7-9-13/h6-9H,4-5,10-11H2,1-3H3. The topological polar surface area (TPSA) is 21.7 Å². The van der Waals surface area contributed by atoms with E-state index in [9.17, 15) is 0 Å².